The first-order valence-corrected chi connectivity index (χ1v) is 8.26. The number of carboxylic acid groups (broad SMARTS) is 1. The summed E-state index contributed by atoms with van der Waals surface area (Å²) < 4.78 is 0. The molecule has 0 spiro atoms. The standard InChI is InChI=1S/C16H30N2O2/c1-13(2)17-10-7-15(8-11-17)18-9-3-4-14(12-18)5-6-16(19)20/h13-15H,3-12H2,1-2H3,(H,19,20). The van der Waals surface area contributed by atoms with Gasteiger partial charge in [0, 0.05) is 25.0 Å². The van der Waals surface area contributed by atoms with Gasteiger partial charge in [-0.3, -0.25) is 4.79 Å². The van der Waals surface area contributed by atoms with Gasteiger partial charge in [-0.2, -0.15) is 0 Å². The summed E-state index contributed by atoms with van der Waals surface area (Å²) in [5.41, 5.74) is 0. The zero-order valence-electron chi connectivity index (χ0n) is 13.1. The van der Waals surface area contributed by atoms with Gasteiger partial charge in [-0.25, -0.2) is 0 Å². The van der Waals surface area contributed by atoms with Crippen molar-refractivity contribution in [3.63, 3.8) is 0 Å². The van der Waals surface area contributed by atoms with Crippen molar-refractivity contribution in [1.29, 1.82) is 0 Å². The van der Waals surface area contributed by atoms with Crippen molar-refractivity contribution < 1.29 is 9.90 Å². The van der Waals surface area contributed by atoms with Crippen LogP contribution in [-0.2, 0) is 4.79 Å². The fourth-order valence-corrected chi connectivity index (χ4v) is 3.76. The SMILES string of the molecule is CC(C)N1CCC(N2CCCC(CCC(=O)O)C2)CC1. The molecule has 116 valence electrons. The van der Waals surface area contributed by atoms with Gasteiger partial charge in [-0.05, 0) is 71.5 Å². The molecule has 2 rings (SSSR count). The average Bonchev–Trinajstić information content (AvgIpc) is 2.45. The maximum atomic E-state index is 10.7. The Kier molecular flexibility index (Phi) is 5.85. The number of carbonyl (C=O) groups is 1. The zero-order valence-corrected chi connectivity index (χ0v) is 13.1. The Balaban J connectivity index is 1.76. The second-order valence-corrected chi connectivity index (χ2v) is 6.80. The molecule has 2 saturated heterocycles. The molecule has 0 bridgehead atoms. The molecular weight excluding hydrogens is 252 g/mol. The van der Waals surface area contributed by atoms with Crippen molar-refractivity contribution in [2.75, 3.05) is 26.2 Å². The second kappa shape index (κ2) is 7.41. The smallest absolute Gasteiger partial charge is 0.303 e. The first kappa shape index (κ1) is 15.8. The van der Waals surface area contributed by atoms with Crippen molar-refractivity contribution in [1.82, 2.24) is 9.80 Å². The number of rotatable bonds is 5. The van der Waals surface area contributed by atoms with E-state index in [-0.39, 0.29) is 0 Å². The van der Waals surface area contributed by atoms with Gasteiger partial charge in [0.2, 0.25) is 0 Å². The molecule has 0 aromatic heterocycles. The highest BCUT2D eigenvalue weighted by Gasteiger charge is 2.29. The molecule has 4 heteroatoms. The van der Waals surface area contributed by atoms with Crippen LogP contribution in [0.2, 0.25) is 0 Å². The van der Waals surface area contributed by atoms with Gasteiger partial charge in [-0.15, -0.1) is 0 Å². The fraction of sp³-hybridized carbons (Fsp3) is 0.938. The molecule has 1 N–H and O–H groups in total. The average molecular weight is 282 g/mol. The Morgan fingerprint density at radius 1 is 1.20 bits per heavy atom. The third-order valence-electron chi connectivity index (χ3n) is 5.06. The van der Waals surface area contributed by atoms with Crippen LogP contribution in [0.25, 0.3) is 0 Å². The molecule has 2 fully saturated rings. The van der Waals surface area contributed by atoms with E-state index < -0.39 is 5.97 Å². The maximum Gasteiger partial charge on any atom is 0.303 e. The Morgan fingerprint density at radius 3 is 2.50 bits per heavy atom. The molecule has 2 aliphatic heterocycles. The van der Waals surface area contributed by atoms with Crippen molar-refractivity contribution in [3.8, 4) is 0 Å². The van der Waals surface area contributed by atoms with Crippen molar-refractivity contribution in [2.45, 2.75) is 64.5 Å². The van der Waals surface area contributed by atoms with Crippen LogP contribution in [0.1, 0.15) is 52.4 Å². The molecule has 0 aliphatic carbocycles. The molecule has 2 aliphatic rings. The Labute approximate surface area is 123 Å². The van der Waals surface area contributed by atoms with E-state index in [1.54, 1.807) is 0 Å². The van der Waals surface area contributed by atoms with Gasteiger partial charge in [0.25, 0.3) is 0 Å². The normalized spacial score (nSPS) is 27.1. The van der Waals surface area contributed by atoms with Crippen LogP contribution in [-0.4, -0.2) is 59.1 Å². The van der Waals surface area contributed by atoms with E-state index in [0.717, 1.165) is 19.0 Å². The highest BCUT2D eigenvalue weighted by molar-refractivity contribution is 5.66. The van der Waals surface area contributed by atoms with E-state index in [9.17, 15) is 4.79 Å². The van der Waals surface area contributed by atoms with Gasteiger partial charge in [0.1, 0.15) is 0 Å². The molecule has 0 aromatic carbocycles. The first-order valence-electron chi connectivity index (χ1n) is 8.26. The van der Waals surface area contributed by atoms with E-state index >= 15 is 0 Å². The number of hydrogen-bond acceptors (Lipinski definition) is 3. The van der Waals surface area contributed by atoms with E-state index in [1.807, 2.05) is 0 Å². The number of likely N-dealkylation sites (tertiary alicyclic amines) is 2. The Hall–Kier alpha value is -0.610. The second-order valence-electron chi connectivity index (χ2n) is 6.80. The third kappa shape index (κ3) is 4.45. The molecule has 0 saturated carbocycles. The summed E-state index contributed by atoms with van der Waals surface area (Å²) in [6.07, 6.45) is 6.22. The fourth-order valence-electron chi connectivity index (χ4n) is 3.76. The van der Waals surface area contributed by atoms with Crippen LogP contribution in [0.15, 0.2) is 0 Å². The lowest BCUT2D eigenvalue weighted by Crippen LogP contribution is -2.49. The summed E-state index contributed by atoms with van der Waals surface area (Å²) >= 11 is 0. The van der Waals surface area contributed by atoms with Crippen LogP contribution in [0.4, 0.5) is 0 Å². The summed E-state index contributed by atoms with van der Waals surface area (Å²) in [6.45, 7) is 9.35. The van der Waals surface area contributed by atoms with Crippen LogP contribution in [0.3, 0.4) is 0 Å². The number of piperidine rings is 2. The van der Waals surface area contributed by atoms with Gasteiger partial charge < -0.3 is 14.9 Å². The predicted octanol–water partition coefficient (Wildman–Crippen LogP) is 2.44. The minimum Gasteiger partial charge on any atom is -0.481 e. The first-order chi connectivity index (χ1) is 9.56. The number of carboxylic acids is 1. The number of aliphatic carboxylic acids is 1. The van der Waals surface area contributed by atoms with Crippen molar-refractivity contribution in [3.05, 3.63) is 0 Å². The Morgan fingerprint density at radius 2 is 1.90 bits per heavy atom. The summed E-state index contributed by atoms with van der Waals surface area (Å²) in [6, 6.07) is 1.40. The van der Waals surface area contributed by atoms with Crippen LogP contribution < -0.4 is 0 Å². The van der Waals surface area contributed by atoms with Gasteiger partial charge in [0.15, 0.2) is 0 Å². The molecule has 1 atom stereocenters. The minimum atomic E-state index is -0.646. The lowest BCUT2D eigenvalue weighted by Gasteiger charge is -2.43. The van der Waals surface area contributed by atoms with Crippen LogP contribution >= 0.6 is 0 Å². The minimum absolute atomic E-state index is 0.338. The summed E-state index contributed by atoms with van der Waals surface area (Å²) in [4.78, 5) is 15.9. The van der Waals surface area contributed by atoms with E-state index in [4.69, 9.17) is 5.11 Å². The molecule has 2 heterocycles. The largest absolute Gasteiger partial charge is 0.481 e. The maximum absolute atomic E-state index is 10.7. The lowest BCUT2D eigenvalue weighted by atomic mass is 9.90. The van der Waals surface area contributed by atoms with Crippen molar-refractivity contribution in [2.24, 2.45) is 5.92 Å². The predicted molar refractivity (Wildman–Crippen MR) is 80.9 cm³/mol. The summed E-state index contributed by atoms with van der Waals surface area (Å²) in [7, 11) is 0. The number of nitrogens with zero attached hydrogens (tertiary/aromatic N) is 2. The third-order valence-corrected chi connectivity index (χ3v) is 5.06. The van der Waals surface area contributed by atoms with Gasteiger partial charge >= 0.3 is 5.97 Å². The topological polar surface area (TPSA) is 43.8 Å². The summed E-state index contributed by atoms with van der Waals surface area (Å²) in [5.74, 6) is -0.0460. The quantitative estimate of drug-likeness (QED) is 0.841. The lowest BCUT2D eigenvalue weighted by molar-refractivity contribution is -0.137. The molecule has 0 radical (unpaired) electrons. The molecule has 4 nitrogen and oxygen atoms in total. The molecule has 1 unspecified atom stereocenters. The van der Waals surface area contributed by atoms with Gasteiger partial charge in [-0.1, -0.05) is 0 Å². The van der Waals surface area contributed by atoms with E-state index in [0.29, 0.717) is 18.4 Å². The van der Waals surface area contributed by atoms with E-state index in [2.05, 4.69) is 23.6 Å². The highest BCUT2D eigenvalue weighted by Crippen LogP contribution is 2.26. The molecule has 20 heavy (non-hydrogen) atoms. The molecule has 0 aromatic rings. The zero-order chi connectivity index (χ0) is 14.5. The van der Waals surface area contributed by atoms with Gasteiger partial charge in [0.05, 0.1) is 0 Å². The Bertz CT molecular complexity index is 312. The van der Waals surface area contributed by atoms with E-state index in [1.165, 1.54) is 45.3 Å². The number of hydrogen-bond donors (Lipinski definition) is 1. The summed E-state index contributed by atoms with van der Waals surface area (Å²) in [5, 5.41) is 8.82. The van der Waals surface area contributed by atoms with Crippen LogP contribution in [0, 0.1) is 5.92 Å². The van der Waals surface area contributed by atoms with Crippen LogP contribution in [0.5, 0.6) is 0 Å². The monoisotopic (exact) mass is 282 g/mol. The molecule has 0 amide bonds. The highest BCUT2D eigenvalue weighted by atomic mass is 16.4. The van der Waals surface area contributed by atoms with Crippen molar-refractivity contribution >= 4 is 5.97 Å². The molecular formula is C16H30N2O2.